The molecule has 0 saturated carbocycles. The summed E-state index contributed by atoms with van der Waals surface area (Å²) in [5.74, 6) is -1.96. The molecule has 8 nitrogen and oxygen atoms in total. The van der Waals surface area contributed by atoms with Gasteiger partial charge in [-0.15, -0.1) is 6.58 Å². The predicted molar refractivity (Wildman–Crippen MR) is 110 cm³/mol. The second-order valence-corrected chi connectivity index (χ2v) is 7.29. The molecule has 164 valence electrons. The summed E-state index contributed by atoms with van der Waals surface area (Å²) >= 11 is 3.33. The topological polar surface area (TPSA) is 108 Å². The van der Waals surface area contributed by atoms with Crippen LogP contribution in [0.2, 0.25) is 0 Å². The van der Waals surface area contributed by atoms with Crippen LogP contribution in [0.1, 0.15) is 36.2 Å². The Labute approximate surface area is 183 Å². The van der Waals surface area contributed by atoms with Crippen LogP contribution in [-0.2, 0) is 33.9 Å². The quantitative estimate of drug-likeness (QED) is 0.259. The lowest BCUT2D eigenvalue weighted by molar-refractivity contribution is -0.244. The molecular weight excluding hydrogens is 460 g/mol. The molecule has 5 atom stereocenters. The molecule has 1 aromatic rings. The molecule has 1 heterocycles. The van der Waals surface area contributed by atoms with Gasteiger partial charge in [-0.1, -0.05) is 40.2 Å². The minimum Gasteiger partial charge on any atom is -0.456 e. The molecule has 9 heteroatoms. The van der Waals surface area contributed by atoms with Gasteiger partial charge < -0.3 is 24.1 Å². The second-order valence-electron chi connectivity index (χ2n) is 6.73. The van der Waals surface area contributed by atoms with Crippen molar-refractivity contribution in [3.8, 4) is 0 Å². The minimum atomic E-state index is -1.19. The van der Waals surface area contributed by atoms with Gasteiger partial charge in [-0.2, -0.15) is 0 Å². The fraction of sp³-hybridized carbons (Fsp3) is 0.476. The molecule has 1 aliphatic rings. The Morgan fingerprint density at radius 2 is 1.67 bits per heavy atom. The summed E-state index contributed by atoms with van der Waals surface area (Å²) in [6, 6.07) is 6.83. The van der Waals surface area contributed by atoms with Gasteiger partial charge in [-0.25, -0.2) is 4.79 Å². The van der Waals surface area contributed by atoms with Crippen LogP contribution in [0.25, 0.3) is 0 Å². The molecule has 1 aliphatic heterocycles. The van der Waals surface area contributed by atoms with Crippen molar-refractivity contribution < 1.29 is 38.4 Å². The van der Waals surface area contributed by atoms with E-state index in [9.17, 15) is 19.5 Å². The number of hydrogen-bond donors (Lipinski definition) is 1. The maximum atomic E-state index is 12.9. The Balaban J connectivity index is 2.40. The van der Waals surface area contributed by atoms with Crippen molar-refractivity contribution in [1.82, 2.24) is 0 Å². The van der Waals surface area contributed by atoms with E-state index in [0.717, 1.165) is 0 Å². The summed E-state index contributed by atoms with van der Waals surface area (Å²) < 4.78 is 22.2. The number of halogens is 1. The number of rotatable bonds is 8. The number of alkyl halides is 1. The fourth-order valence-electron chi connectivity index (χ4n) is 3.32. The van der Waals surface area contributed by atoms with Gasteiger partial charge in [-0.05, 0) is 18.1 Å². The molecular formula is C21H25BrO8. The van der Waals surface area contributed by atoms with Crippen molar-refractivity contribution in [2.24, 2.45) is 0 Å². The third-order valence-corrected chi connectivity index (χ3v) is 5.14. The number of carbonyl (C=O) groups excluding carboxylic acids is 3. The Kier molecular flexibility index (Phi) is 9.01. The van der Waals surface area contributed by atoms with E-state index in [2.05, 4.69) is 22.5 Å². The average molecular weight is 485 g/mol. The molecule has 0 spiro atoms. The number of carbonyl (C=O) groups is 3. The first kappa shape index (κ1) is 24.0. The Morgan fingerprint density at radius 1 is 1.07 bits per heavy atom. The van der Waals surface area contributed by atoms with E-state index in [0.29, 0.717) is 16.5 Å². The monoisotopic (exact) mass is 484 g/mol. The molecule has 1 fully saturated rings. The van der Waals surface area contributed by atoms with Gasteiger partial charge in [0.2, 0.25) is 0 Å². The number of aliphatic hydroxyl groups is 1. The average Bonchev–Trinajstić information content (AvgIpc) is 2.71. The van der Waals surface area contributed by atoms with Crippen LogP contribution < -0.4 is 0 Å². The first-order valence-electron chi connectivity index (χ1n) is 9.38. The van der Waals surface area contributed by atoms with Crippen LogP contribution in [0.4, 0.5) is 0 Å². The highest BCUT2D eigenvalue weighted by atomic mass is 79.9. The van der Waals surface area contributed by atoms with Crippen molar-refractivity contribution in [3.05, 3.63) is 48.0 Å². The smallest absolute Gasteiger partial charge is 0.338 e. The molecule has 1 aromatic carbocycles. The number of aliphatic hydroxyl groups excluding tert-OH is 1. The molecule has 30 heavy (non-hydrogen) atoms. The molecule has 0 amide bonds. The highest BCUT2D eigenvalue weighted by molar-refractivity contribution is 9.08. The summed E-state index contributed by atoms with van der Waals surface area (Å²) in [6.07, 6.45) is -3.32. The van der Waals surface area contributed by atoms with E-state index >= 15 is 0 Å². The van der Waals surface area contributed by atoms with Gasteiger partial charge in [-0.3, -0.25) is 9.59 Å². The summed E-state index contributed by atoms with van der Waals surface area (Å²) in [5, 5.41) is 10.3. The maximum absolute atomic E-state index is 12.9. The minimum absolute atomic E-state index is 0.263. The van der Waals surface area contributed by atoms with Crippen molar-refractivity contribution in [2.45, 2.75) is 56.1 Å². The van der Waals surface area contributed by atoms with Crippen molar-refractivity contribution in [3.63, 3.8) is 0 Å². The van der Waals surface area contributed by atoms with Gasteiger partial charge in [0, 0.05) is 19.2 Å². The van der Waals surface area contributed by atoms with Crippen molar-refractivity contribution in [2.75, 3.05) is 6.61 Å². The van der Waals surface area contributed by atoms with Crippen LogP contribution in [0.15, 0.2) is 36.9 Å². The van der Waals surface area contributed by atoms with E-state index in [4.69, 9.17) is 18.9 Å². The van der Waals surface area contributed by atoms with E-state index in [1.165, 1.54) is 13.8 Å². The molecule has 2 rings (SSSR count). The highest BCUT2D eigenvalue weighted by Crippen LogP contribution is 2.31. The SMILES string of the molecule is C=CC[C@H]1O[C@H](CO)[C@@H](OC(=O)c2ccccc2CBr)[C@H](OC(C)=O)[C@H]1OC(C)=O. The lowest BCUT2D eigenvalue weighted by Gasteiger charge is -2.44. The van der Waals surface area contributed by atoms with E-state index in [1.54, 1.807) is 30.3 Å². The zero-order valence-electron chi connectivity index (χ0n) is 16.8. The zero-order valence-corrected chi connectivity index (χ0v) is 18.4. The molecule has 0 aliphatic carbocycles. The lowest BCUT2D eigenvalue weighted by Crippen LogP contribution is -2.62. The number of esters is 3. The Bertz CT molecular complexity index is 780. The first-order valence-corrected chi connectivity index (χ1v) is 10.5. The second kappa shape index (κ2) is 11.2. The van der Waals surface area contributed by atoms with Gasteiger partial charge in [0.05, 0.1) is 12.2 Å². The zero-order chi connectivity index (χ0) is 22.3. The van der Waals surface area contributed by atoms with Crippen molar-refractivity contribution >= 4 is 33.8 Å². The van der Waals surface area contributed by atoms with Crippen LogP contribution >= 0.6 is 15.9 Å². The number of hydrogen-bond acceptors (Lipinski definition) is 8. The first-order chi connectivity index (χ1) is 14.3. The van der Waals surface area contributed by atoms with Gasteiger partial charge in [0.1, 0.15) is 12.2 Å². The van der Waals surface area contributed by atoms with E-state index < -0.39 is 55.0 Å². The summed E-state index contributed by atoms with van der Waals surface area (Å²) in [7, 11) is 0. The van der Waals surface area contributed by atoms with Crippen LogP contribution in [0.3, 0.4) is 0 Å². The largest absolute Gasteiger partial charge is 0.456 e. The van der Waals surface area contributed by atoms with Gasteiger partial charge in [0.25, 0.3) is 0 Å². The summed E-state index contributed by atoms with van der Waals surface area (Å²) in [6.45, 7) is 5.55. The lowest BCUT2D eigenvalue weighted by atomic mass is 9.92. The van der Waals surface area contributed by atoms with Crippen LogP contribution in [0.5, 0.6) is 0 Å². The molecule has 1 saturated heterocycles. The summed E-state index contributed by atoms with van der Waals surface area (Å²) in [4.78, 5) is 36.3. The normalized spacial score (nSPS) is 25.8. The number of ether oxygens (including phenoxy) is 4. The Morgan fingerprint density at radius 3 is 2.23 bits per heavy atom. The predicted octanol–water partition coefficient (Wildman–Crippen LogP) is 2.31. The highest BCUT2D eigenvalue weighted by Gasteiger charge is 2.51. The third kappa shape index (κ3) is 5.90. The summed E-state index contributed by atoms with van der Waals surface area (Å²) in [5.41, 5.74) is 1.01. The van der Waals surface area contributed by atoms with Crippen molar-refractivity contribution in [1.29, 1.82) is 0 Å². The van der Waals surface area contributed by atoms with Crippen LogP contribution in [-0.4, -0.2) is 60.1 Å². The molecule has 0 unspecified atom stereocenters. The third-order valence-electron chi connectivity index (χ3n) is 4.54. The fourth-order valence-corrected chi connectivity index (χ4v) is 3.81. The van der Waals surface area contributed by atoms with Gasteiger partial charge in [0.15, 0.2) is 18.3 Å². The standard InChI is InChI=1S/C21H25BrO8/c1-4-7-16-18(27-12(2)24)20(28-13(3)25)19(17(11-23)29-16)30-21(26)15-9-6-5-8-14(15)10-22/h4-6,8-9,16-20,23H,1,7,10-11H2,2-3H3/t16-,17-,18+,19-,20-/m1/s1. The molecule has 0 bridgehead atoms. The molecule has 1 N–H and O–H groups in total. The van der Waals surface area contributed by atoms with E-state index in [-0.39, 0.29) is 6.42 Å². The molecule has 0 aromatic heterocycles. The maximum Gasteiger partial charge on any atom is 0.338 e. The van der Waals surface area contributed by atoms with Crippen LogP contribution in [0, 0.1) is 0 Å². The Hall–Kier alpha value is -2.23. The number of benzene rings is 1. The van der Waals surface area contributed by atoms with Gasteiger partial charge >= 0.3 is 17.9 Å². The van der Waals surface area contributed by atoms with E-state index in [1.807, 2.05) is 0 Å². The molecule has 0 radical (unpaired) electrons.